The highest BCUT2D eigenvalue weighted by molar-refractivity contribution is 5.68. The van der Waals surface area contributed by atoms with Crippen molar-refractivity contribution in [3.05, 3.63) is 36.1 Å². The summed E-state index contributed by atoms with van der Waals surface area (Å²) in [7, 11) is 0. The highest BCUT2D eigenvalue weighted by atomic mass is 16.5. The van der Waals surface area contributed by atoms with Crippen LogP contribution in [0.1, 0.15) is 5.56 Å². The Bertz CT molecular complexity index is 437. The molecule has 0 bridgehead atoms. The van der Waals surface area contributed by atoms with Crippen LogP contribution < -0.4 is 5.73 Å². The van der Waals surface area contributed by atoms with Gasteiger partial charge in [-0.3, -0.25) is 0 Å². The fourth-order valence-corrected chi connectivity index (χ4v) is 1.30. The van der Waals surface area contributed by atoms with E-state index in [-0.39, 0.29) is 5.75 Å². The third-order valence-electron chi connectivity index (χ3n) is 2.02. The van der Waals surface area contributed by atoms with Crippen LogP contribution in [0.2, 0.25) is 0 Å². The van der Waals surface area contributed by atoms with Crippen molar-refractivity contribution in [2.45, 2.75) is 6.54 Å². The SMILES string of the molecule is NCc1conc1-c1ccccc1O. The van der Waals surface area contributed by atoms with Crippen molar-refractivity contribution in [3.8, 4) is 17.0 Å². The van der Waals surface area contributed by atoms with Crippen LogP contribution in [0.4, 0.5) is 0 Å². The fourth-order valence-electron chi connectivity index (χ4n) is 1.30. The number of nitrogens with zero attached hydrogens (tertiary/aromatic N) is 1. The molecule has 0 atom stereocenters. The molecule has 0 radical (unpaired) electrons. The van der Waals surface area contributed by atoms with Crippen LogP contribution >= 0.6 is 0 Å². The number of rotatable bonds is 2. The maximum absolute atomic E-state index is 9.58. The standard InChI is InChI=1S/C10H10N2O2/c11-5-7-6-14-12-10(7)8-3-1-2-4-9(8)13/h1-4,6,13H,5,11H2. The average molecular weight is 190 g/mol. The van der Waals surface area contributed by atoms with Gasteiger partial charge in [-0.25, -0.2) is 0 Å². The summed E-state index contributed by atoms with van der Waals surface area (Å²) in [4.78, 5) is 0. The summed E-state index contributed by atoms with van der Waals surface area (Å²) >= 11 is 0. The van der Waals surface area contributed by atoms with E-state index in [2.05, 4.69) is 5.16 Å². The number of phenolic OH excluding ortho intramolecular Hbond substituents is 1. The minimum atomic E-state index is 0.177. The molecule has 0 aliphatic rings. The minimum Gasteiger partial charge on any atom is -0.507 e. The van der Waals surface area contributed by atoms with E-state index in [1.807, 2.05) is 6.07 Å². The molecule has 1 aromatic heterocycles. The molecule has 1 aromatic carbocycles. The van der Waals surface area contributed by atoms with Crippen molar-refractivity contribution in [1.29, 1.82) is 0 Å². The normalized spacial score (nSPS) is 10.4. The zero-order valence-electron chi connectivity index (χ0n) is 7.47. The van der Waals surface area contributed by atoms with Gasteiger partial charge in [-0.05, 0) is 12.1 Å². The van der Waals surface area contributed by atoms with Gasteiger partial charge in [0.25, 0.3) is 0 Å². The molecule has 0 amide bonds. The largest absolute Gasteiger partial charge is 0.507 e. The summed E-state index contributed by atoms with van der Waals surface area (Å²) < 4.78 is 4.80. The van der Waals surface area contributed by atoms with Crippen LogP contribution in [0.25, 0.3) is 11.3 Å². The summed E-state index contributed by atoms with van der Waals surface area (Å²) in [5.41, 5.74) is 7.53. The van der Waals surface area contributed by atoms with Gasteiger partial charge in [0.15, 0.2) is 0 Å². The van der Waals surface area contributed by atoms with Crippen LogP contribution in [-0.4, -0.2) is 10.3 Å². The number of nitrogens with two attached hydrogens (primary N) is 1. The average Bonchev–Trinajstić information content (AvgIpc) is 2.66. The maximum Gasteiger partial charge on any atom is 0.128 e. The zero-order chi connectivity index (χ0) is 9.97. The maximum atomic E-state index is 9.58. The molecule has 0 aliphatic heterocycles. The number of hydrogen-bond donors (Lipinski definition) is 2. The molecule has 0 saturated carbocycles. The molecule has 0 spiro atoms. The lowest BCUT2D eigenvalue weighted by Gasteiger charge is -2.00. The molecule has 3 N–H and O–H groups in total. The molecule has 0 unspecified atom stereocenters. The predicted molar refractivity (Wildman–Crippen MR) is 51.5 cm³/mol. The molecule has 4 nitrogen and oxygen atoms in total. The summed E-state index contributed by atoms with van der Waals surface area (Å²) in [5.74, 6) is 0.177. The number of hydrogen-bond acceptors (Lipinski definition) is 4. The molecule has 1 heterocycles. The summed E-state index contributed by atoms with van der Waals surface area (Å²) in [6, 6.07) is 6.95. The number of phenols is 1. The molecule has 14 heavy (non-hydrogen) atoms. The van der Waals surface area contributed by atoms with Gasteiger partial charge in [-0.15, -0.1) is 0 Å². The lowest BCUT2D eigenvalue weighted by Crippen LogP contribution is -1.96. The molecular formula is C10H10N2O2. The number of aromatic nitrogens is 1. The topological polar surface area (TPSA) is 72.3 Å². The van der Waals surface area contributed by atoms with Crippen LogP contribution in [0, 0.1) is 0 Å². The number of aromatic hydroxyl groups is 1. The highest BCUT2D eigenvalue weighted by Crippen LogP contribution is 2.29. The lowest BCUT2D eigenvalue weighted by molar-refractivity contribution is 0.420. The van der Waals surface area contributed by atoms with Gasteiger partial charge in [-0.1, -0.05) is 17.3 Å². The third-order valence-corrected chi connectivity index (χ3v) is 2.02. The van der Waals surface area contributed by atoms with E-state index in [0.717, 1.165) is 5.56 Å². The Labute approximate surface area is 81.0 Å². The summed E-state index contributed by atoms with van der Waals surface area (Å²) in [6.45, 7) is 0.340. The van der Waals surface area contributed by atoms with Gasteiger partial charge in [0, 0.05) is 17.7 Å². The fraction of sp³-hybridized carbons (Fsp3) is 0.100. The van der Waals surface area contributed by atoms with Gasteiger partial charge in [0.2, 0.25) is 0 Å². The van der Waals surface area contributed by atoms with Crippen LogP contribution in [0.5, 0.6) is 5.75 Å². The van der Waals surface area contributed by atoms with Crippen molar-refractivity contribution >= 4 is 0 Å². The molecule has 72 valence electrons. The Morgan fingerprint density at radius 2 is 2.14 bits per heavy atom. The number of benzene rings is 1. The van der Waals surface area contributed by atoms with E-state index in [1.165, 1.54) is 6.26 Å². The first-order chi connectivity index (χ1) is 6.83. The Balaban J connectivity index is 2.54. The van der Waals surface area contributed by atoms with Gasteiger partial charge in [0.05, 0.1) is 0 Å². The van der Waals surface area contributed by atoms with Crippen molar-refractivity contribution in [1.82, 2.24) is 5.16 Å². The Morgan fingerprint density at radius 1 is 1.36 bits per heavy atom. The zero-order valence-corrected chi connectivity index (χ0v) is 7.47. The second kappa shape index (κ2) is 3.51. The first-order valence-electron chi connectivity index (χ1n) is 4.24. The minimum absolute atomic E-state index is 0.177. The van der Waals surface area contributed by atoms with Gasteiger partial charge in [0.1, 0.15) is 17.7 Å². The van der Waals surface area contributed by atoms with Crippen molar-refractivity contribution in [2.75, 3.05) is 0 Å². The van der Waals surface area contributed by atoms with E-state index >= 15 is 0 Å². The van der Waals surface area contributed by atoms with Crippen molar-refractivity contribution < 1.29 is 9.63 Å². The van der Waals surface area contributed by atoms with E-state index in [0.29, 0.717) is 17.8 Å². The first-order valence-corrected chi connectivity index (χ1v) is 4.24. The summed E-state index contributed by atoms with van der Waals surface area (Å²) in [6.07, 6.45) is 1.49. The van der Waals surface area contributed by atoms with Gasteiger partial charge in [-0.2, -0.15) is 0 Å². The molecule has 0 saturated heterocycles. The van der Waals surface area contributed by atoms with E-state index in [4.69, 9.17) is 10.3 Å². The van der Waals surface area contributed by atoms with Crippen molar-refractivity contribution in [2.24, 2.45) is 5.73 Å². The second-order valence-corrected chi connectivity index (χ2v) is 2.91. The Kier molecular flexibility index (Phi) is 2.20. The monoisotopic (exact) mass is 190 g/mol. The predicted octanol–water partition coefficient (Wildman–Crippen LogP) is 1.51. The summed E-state index contributed by atoms with van der Waals surface area (Å²) in [5, 5.41) is 13.4. The quantitative estimate of drug-likeness (QED) is 0.752. The lowest BCUT2D eigenvalue weighted by atomic mass is 10.1. The molecule has 0 aliphatic carbocycles. The van der Waals surface area contributed by atoms with E-state index < -0.39 is 0 Å². The van der Waals surface area contributed by atoms with Gasteiger partial charge >= 0.3 is 0 Å². The molecular weight excluding hydrogens is 180 g/mol. The number of para-hydroxylation sites is 1. The molecule has 2 rings (SSSR count). The van der Waals surface area contributed by atoms with Crippen molar-refractivity contribution in [3.63, 3.8) is 0 Å². The molecule has 2 aromatic rings. The highest BCUT2D eigenvalue weighted by Gasteiger charge is 2.11. The molecule has 0 fully saturated rings. The third kappa shape index (κ3) is 1.36. The first kappa shape index (κ1) is 8.77. The Morgan fingerprint density at radius 3 is 2.86 bits per heavy atom. The van der Waals surface area contributed by atoms with Crippen LogP contribution in [-0.2, 0) is 6.54 Å². The van der Waals surface area contributed by atoms with Gasteiger partial charge < -0.3 is 15.4 Å². The van der Waals surface area contributed by atoms with E-state index in [9.17, 15) is 5.11 Å². The Hall–Kier alpha value is -1.81. The second-order valence-electron chi connectivity index (χ2n) is 2.91. The molecule has 4 heteroatoms. The van der Waals surface area contributed by atoms with Crippen LogP contribution in [0.3, 0.4) is 0 Å². The van der Waals surface area contributed by atoms with Crippen LogP contribution in [0.15, 0.2) is 35.1 Å². The smallest absolute Gasteiger partial charge is 0.128 e. The van der Waals surface area contributed by atoms with E-state index in [1.54, 1.807) is 18.2 Å².